The van der Waals surface area contributed by atoms with Crippen molar-refractivity contribution in [1.82, 2.24) is 29.9 Å². The number of halogens is 8. The van der Waals surface area contributed by atoms with Crippen LogP contribution in [0.25, 0.3) is 45.6 Å². The molecule has 2 heterocycles. The van der Waals surface area contributed by atoms with Gasteiger partial charge in [-0.25, -0.2) is 14.8 Å². The minimum atomic E-state index is -4.62. The van der Waals surface area contributed by atoms with Crippen LogP contribution >= 0.6 is 23.2 Å². The quantitative estimate of drug-likeness (QED) is 0.0995. The van der Waals surface area contributed by atoms with Crippen LogP contribution in [0.5, 0.6) is 6.01 Å². The molecule has 4 aromatic carbocycles. The van der Waals surface area contributed by atoms with Gasteiger partial charge in [0, 0.05) is 35.1 Å². The normalized spacial score (nSPS) is 15.1. The number of rotatable bonds is 15. The smallest absolute Gasteiger partial charge is 0.400 e. The average molecular weight is 1020 g/mol. The summed E-state index contributed by atoms with van der Waals surface area (Å²) in [5.74, 6) is -0.640. The number of ketones is 2. The van der Waals surface area contributed by atoms with Crippen LogP contribution in [0.3, 0.4) is 0 Å². The third kappa shape index (κ3) is 11.9. The first-order valence-electron chi connectivity index (χ1n) is 22.9. The molecule has 0 saturated heterocycles. The van der Waals surface area contributed by atoms with E-state index < -0.39 is 40.4 Å². The van der Waals surface area contributed by atoms with Crippen LogP contribution in [0.2, 0.25) is 10.0 Å². The Morgan fingerprint density at radius 1 is 0.606 bits per heavy atom. The molecule has 0 radical (unpaired) electrons. The summed E-state index contributed by atoms with van der Waals surface area (Å²) in [6.45, 7) is 7.97. The summed E-state index contributed by atoms with van der Waals surface area (Å²) >= 11 is 12.8. The number of nitrogens with zero attached hydrogens (tertiary/aromatic N) is 5. The fourth-order valence-electron chi connectivity index (χ4n) is 7.62. The summed E-state index contributed by atoms with van der Waals surface area (Å²) < 4.78 is 84.5. The number of hydrogen-bond donors (Lipinski definition) is 1. The maximum absolute atomic E-state index is 13.2. The Kier molecular flexibility index (Phi) is 14.8. The lowest BCUT2D eigenvalue weighted by molar-refractivity contribution is -0.211. The number of nitrogens with one attached hydrogen (secondary N) is 1. The van der Waals surface area contributed by atoms with E-state index in [4.69, 9.17) is 27.9 Å². The largest absolute Gasteiger partial charge is 0.467 e. The number of carbonyl (C=O) groups excluding carboxylic acids is 2. The second kappa shape index (κ2) is 19.9. The van der Waals surface area contributed by atoms with Crippen molar-refractivity contribution in [1.29, 1.82) is 0 Å². The number of H-pyrrole nitrogens is 1. The van der Waals surface area contributed by atoms with Crippen LogP contribution in [-0.4, -0.2) is 60.9 Å². The van der Waals surface area contributed by atoms with Gasteiger partial charge in [0.15, 0.2) is 17.5 Å². The second-order valence-electron chi connectivity index (χ2n) is 19.8. The molecule has 0 unspecified atom stereocenters. The molecular weight excluding hydrogens is 970 g/mol. The molecule has 374 valence electrons. The molecule has 0 bridgehead atoms. The molecule has 2 saturated carbocycles. The van der Waals surface area contributed by atoms with Gasteiger partial charge in [-0.3, -0.25) is 14.6 Å². The zero-order valence-corrected chi connectivity index (χ0v) is 41.6. The molecule has 18 heteroatoms. The Morgan fingerprint density at radius 2 is 1.04 bits per heavy atom. The van der Waals surface area contributed by atoms with Gasteiger partial charge in [0.2, 0.25) is 0 Å². The van der Waals surface area contributed by atoms with Crippen molar-refractivity contribution in [2.24, 2.45) is 10.8 Å². The van der Waals surface area contributed by atoms with Gasteiger partial charge in [-0.05, 0) is 136 Å². The summed E-state index contributed by atoms with van der Waals surface area (Å²) in [4.78, 5) is 61.4. The van der Waals surface area contributed by atoms with E-state index in [2.05, 4.69) is 55.9 Å². The fraction of sp³-hybridized carbons (Fsp3) is 0.396. The van der Waals surface area contributed by atoms with Gasteiger partial charge in [-0.1, -0.05) is 85.6 Å². The summed E-state index contributed by atoms with van der Waals surface area (Å²) in [5, 5.41) is 0.661. The van der Waals surface area contributed by atoms with E-state index in [1.165, 1.54) is 12.7 Å². The number of aromatic amines is 1. The molecule has 0 amide bonds. The van der Waals surface area contributed by atoms with Crippen molar-refractivity contribution in [2.75, 3.05) is 7.11 Å². The summed E-state index contributed by atoms with van der Waals surface area (Å²) in [7, 11) is 1.45. The SMILES string of the molecule is CC1(c2cccc(-c3nc(-c4cc(CCC(=O)C(C)(C)C(F)(F)F)ccc4Cl)[nH]c(=O)n3)c2)CC1.COc1nc(-c2cccc(C3(C)CC3)c2)nc(-c2cc(CCC(=O)C(C)(C)C(F)(F)F)ccc2Cl)n1. The van der Waals surface area contributed by atoms with Gasteiger partial charge in [0.05, 0.1) is 17.2 Å². The summed E-state index contributed by atoms with van der Waals surface area (Å²) in [5.41, 5.74) is 0.876. The topological polar surface area (TPSA) is 141 Å². The van der Waals surface area contributed by atoms with E-state index >= 15 is 0 Å². The number of methoxy groups -OCH3 is 1. The maximum Gasteiger partial charge on any atom is 0.400 e. The lowest BCUT2D eigenvalue weighted by Gasteiger charge is -2.26. The van der Waals surface area contributed by atoms with E-state index in [1.54, 1.807) is 36.4 Å². The number of alkyl halides is 6. The van der Waals surface area contributed by atoms with E-state index in [1.807, 2.05) is 36.4 Å². The molecule has 71 heavy (non-hydrogen) atoms. The van der Waals surface area contributed by atoms with Crippen molar-refractivity contribution in [3.05, 3.63) is 128 Å². The van der Waals surface area contributed by atoms with Gasteiger partial charge in [0.1, 0.15) is 28.2 Å². The van der Waals surface area contributed by atoms with Crippen LogP contribution in [0.15, 0.2) is 89.7 Å². The molecule has 2 aliphatic rings. The molecule has 1 N–H and O–H groups in total. The summed E-state index contributed by atoms with van der Waals surface area (Å²) in [6, 6.07) is 25.8. The van der Waals surface area contributed by atoms with Crippen LogP contribution < -0.4 is 10.4 Å². The first kappa shape index (κ1) is 52.8. The predicted octanol–water partition coefficient (Wildman–Crippen LogP) is 13.3. The van der Waals surface area contributed by atoms with E-state index in [9.17, 15) is 40.7 Å². The molecule has 2 fully saturated rings. The Balaban J connectivity index is 0.000000209. The Bertz CT molecular complexity index is 3050. The first-order chi connectivity index (χ1) is 33.1. The fourth-order valence-corrected chi connectivity index (χ4v) is 8.03. The molecule has 0 spiro atoms. The molecule has 2 aliphatic carbocycles. The van der Waals surface area contributed by atoms with Crippen LogP contribution in [-0.2, 0) is 33.3 Å². The number of aryl methyl sites for hydroxylation is 2. The molecule has 6 aromatic rings. The summed E-state index contributed by atoms with van der Waals surface area (Å²) in [6.07, 6.45) is -5.10. The van der Waals surface area contributed by atoms with Crippen molar-refractivity contribution in [3.63, 3.8) is 0 Å². The third-order valence-corrected chi connectivity index (χ3v) is 14.4. The maximum atomic E-state index is 13.2. The molecule has 10 nitrogen and oxygen atoms in total. The zero-order valence-electron chi connectivity index (χ0n) is 40.1. The molecule has 0 aliphatic heterocycles. The highest BCUT2D eigenvalue weighted by Crippen LogP contribution is 2.49. The van der Waals surface area contributed by atoms with Gasteiger partial charge < -0.3 is 4.74 Å². The van der Waals surface area contributed by atoms with Crippen molar-refractivity contribution in [3.8, 4) is 51.6 Å². The highest BCUT2D eigenvalue weighted by atomic mass is 35.5. The third-order valence-electron chi connectivity index (χ3n) is 13.7. The Labute approximate surface area is 417 Å². The van der Waals surface area contributed by atoms with Gasteiger partial charge in [0.25, 0.3) is 0 Å². The lowest BCUT2D eigenvalue weighted by atomic mass is 9.84. The molecule has 0 atom stereocenters. The van der Waals surface area contributed by atoms with Crippen LogP contribution in [0.1, 0.15) is 102 Å². The van der Waals surface area contributed by atoms with Gasteiger partial charge in [-0.15, -0.1) is 0 Å². The van der Waals surface area contributed by atoms with Gasteiger partial charge >= 0.3 is 24.1 Å². The Hall–Kier alpha value is -6.00. The number of hydrogen-bond acceptors (Lipinski definition) is 9. The van der Waals surface area contributed by atoms with Crippen LogP contribution in [0.4, 0.5) is 26.3 Å². The monoisotopic (exact) mass is 1020 g/mol. The van der Waals surface area contributed by atoms with Crippen LogP contribution in [0, 0.1) is 10.8 Å². The number of ether oxygens (including phenoxy) is 1. The minimum Gasteiger partial charge on any atom is -0.467 e. The molecule has 2 aromatic heterocycles. The van der Waals surface area contributed by atoms with Crippen molar-refractivity contribution in [2.45, 2.75) is 116 Å². The number of benzene rings is 4. The van der Waals surface area contributed by atoms with Gasteiger partial charge in [-0.2, -0.15) is 41.3 Å². The van der Waals surface area contributed by atoms with E-state index in [0.29, 0.717) is 43.7 Å². The second-order valence-corrected chi connectivity index (χ2v) is 20.6. The molecule has 8 rings (SSSR count). The number of carbonyl (C=O) groups is 2. The van der Waals surface area contributed by atoms with Crippen molar-refractivity contribution >= 4 is 34.8 Å². The number of Topliss-reactive ketones (excluding diaryl/α,β-unsaturated/α-hetero) is 2. The van der Waals surface area contributed by atoms with E-state index in [0.717, 1.165) is 64.5 Å². The minimum absolute atomic E-state index is 0.0886. The van der Waals surface area contributed by atoms with Crippen molar-refractivity contribution < 1.29 is 40.7 Å². The lowest BCUT2D eigenvalue weighted by Crippen LogP contribution is -2.39. The average Bonchev–Trinajstić information content (AvgIpc) is 4.27. The van der Waals surface area contributed by atoms with E-state index in [-0.39, 0.29) is 60.0 Å². The first-order valence-corrected chi connectivity index (χ1v) is 23.7. The number of aromatic nitrogens is 6. The standard InChI is InChI=1S/C27H27ClF3N3O2.C26H25ClF3N3O2/c1-25(2,27(29,30)31)21(35)11-9-16-8-10-20(28)19(14-16)23-32-22(33-24(34-23)36-4)17-6-5-7-18(15-17)26(3)12-13-26;1-24(2,26(28,29)30)20(34)10-8-15-7-9-19(27)18(13-15)22-31-21(32-23(35)33-22)16-5-4-6-17(14-16)25(3)11-12-25/h5-8,10,14-15H,9,11-13H2,1-4H3;4-7,9,13-14H,8,10-12H2,1-3H3,(H,31,32,33,35). The highest BCUT2D eigenvalue weighted by molar-refractivity contribution is 6.33. The Morgan fingerprint density at radius 3 is 1.49 bits per heavy atom. The highest BCUT2D eigenvalue weighted by Gasteiger charge is 2.53. The molecular formula is C53H52Cl2F6N6O4. The predicted molar refractivity (Wildman–Crippen MR) is 260 cm³/mol. The zero-order chi connectivity index (χ0) is 51.9.